The van der Waals surface area contributed by atoms with Crippen molar-refractivity contribution in [1.82, 2.24) is 4.98 Å². The average molecular weight is 354 g/mol. The third-order valence-corrected chi connectivity index (χ3v) is 4.33. The van der Waals surface area contributed by atoms with Gasteiger partial charge in [0, 0.05) is 16.2 Å². The minimum atomic E-state index is -3.91. The van der Waals surface area contributed by atoms with Crippen LogP contribution < -0.4 is 10.3 Å². The maximum Gasteiger partial charge on any atom is 0.266 e. The van der Waals surface area contributed by atoms with Gasteiger partial charge in [-0.25, -0.2) is 8.42 Å². The highest BCUT2D eigenvalue weighted by molar-refractivity contribution is 7.92. The molecule has 0 fully saturated rings. The molecular formula is C11H7Cl3N2O3S. The number of sulfonamides is 1. The maximum absolute atomic E-state index is 12.1. The second-order valence-corrected chi connectivity index (χ2v) is 6.74. The largest absolute Gasteiger partial charge is 0.326 e. The first kappa shape index (κ1) is 15.2. The van der Waals surface area contributed by atoms with E-state index in [4.69, 9.17) is 34.8 Å². The lowest BCUT2D eigenvalue weighted by Gasteiger charge is -2.08. The minimum Gasteiger partial charge on any atom is -0.326 e. The molecule has 2 N–H and O–H groups in total. The molecular weight excluding hydrogens is 347 g/mol. The van der Waals surface area contributed by atoms with Crippen molar-refractivity contribution in [1.29, 1.82) is 0 Å². The fourth-order valence-corrected chi connectivity index (χ4v) is 3.22. The van der Waals surface area contributed by atoms with Crippen molar-refractivity contribution in [3.05, 3.63) is 55.9 Å². The van der Waals surface area contributed by atoms with Gasteiger partial charge in [-0.15, -0.1) is 0 Å². The van der Waals surface area contributed by atoms with E-state index in [9.17, 15) is 13.2 Å². The van der Waals surface area contributed by atoms with Crippen molar-refractivity contribution >= 4 is 50.5 Å². The van der Waals surface area contributed by atoms with Crippen LogP contribution in [0.1, 0.15) is 0 Å². The highest BCUT2D eigenvalue weighted by Gasteiger charge is 2.16. The van der Waals surface area contributed by atoms with Gasteiger partial charge in [0.1, 0.15) is 9.92 Å². The van der Waals surface area contributed by atoms with Crippen LogP contribution in [0.5, 0.6) is 0 Å². The summed E-state index contributed by atoms with van der Waals surface area (Å²) in [6.07, 6.45) is 1.04. The fraction of sp³-hybridized carbons (Fsp3) is 0. The standard InChI is InChI=1S/C11H7Cl3N2O3S/c12-6-1-7(13)3-8(2-6)16-20(18,19)9-4-10(14)11(17)15-5-9/h1-5,16H,(H,15,17). The normalized spacial score (nSPS) is 11.3. The van der Waals surface area contributed by atoms with Crippen LogP contribution in [0.15, 0.2) is 40.2 Å². The highest BCUT2D eigenvalue weighted by Crippen LogP contribution is 2.24. The van der Waals surface area contributed by atoms with Crippen molar-refractivity contribution in [2.45, 2.75) is 4.90 Å². The molecule has 0 saturated carbocycles. The van der Waals surface area contributed by atoms with Gasteiger partial charge >= 0.3 is 0 Å². The zero-order valence-corrected chi connectivity index (χ0v) is 12.7. The summed E-state index contributed by atoms with van der Waals surface area (Å²) in [5, 5.41) is 0.349. The van der Waals surface area contributed by atoms with Crippen molar-refractivity contribution in [2.75, 3.05) is 4.72 Å². The number of pyridine rings is 1. The van der Waals surface area contributed by atoms with Crippen LogP contribution >= 0.6 is 34.8 Å². The van der Waals surface area contributed by atoms with Gasteiger partial charge in [-0.05, 0) is 24.3 Å². The molecule has 0 atom stereocenters. The second kappa shape index (κ2) is 5.65. The summed E-state index contributed by atoms with van der Waals surface area (Å²) >= 11 is 17.2. The zero-order valence-electron chi connectivity index (χ0n) is 9.65. The van der Waals surface area contributed by atoms with E-state index in [-0.39, 0.29) is 25.7 Å². The fourth-order valence-electron chi connectivity index (χ4n) is 1.42. The smallest absolute Gasteiger partial charge is 0.266 e. The molecule has 0 radical (unpaired) electrons. The molecule has 106 valence electrons. The SMILES string of the molecule is O=c1[nH]cc(S(=O)(=O)Nc2cc(Cl)cc(Cl)c2)cc1Cl. The Bertz CT molecular complexity index is 798. The molecule has 0 aliphatic carbocycles. The number of benzene rings is 1. The molecule has 0 saturated heterocycles. The van der Waals surface area contributed by atoms with Gasteiger partial charge in [-0.3, -0.25) is 9.52 Å². The topological polar surface area (TPSA) is 79.0 Å². The third kappa shape index (κ3) is 3.46. The van der Waals surface area contributed by atoms with Crippen molar-refractivity contribution in [3.63, 3.8) is 0 Å². The van der Waals surface area contributed by atoms with E-state index in [0.717, 1.165) is 12.3 Å². The Labute approximate surface area is 129 Å². The number of anilines is 1. The van der Waals surface area contributed by atoms with Crippen LogP contribution in [0.3, 0.4) is 0 Å². The van der Waals surface area contributed by atoms with Gasteiger partial charge in [0.15, 0.2) is 0 Å². The molecule has 2 aromatic rings. The summed E-state index contributed by atoms with van der Waals surface area (Å²) < 4.78 is 26.5. The Balaban J connectivity index is 2.40. The number of nitrogens with one attached hydrogen (secondary N) is 2. The summed E-state index contributed by atoms with van der Waals surface area (Å²) in [5.41, 5.74) is -0.374. The quantitative estimate of drug-likeness (QED) is 0.889. The summed E-state index contributed by atoms with van der Waals surface area (Å²) in [4.78, 5) is 13.1. The van der Waals surface area contributed by atoms with E-state index in [1.807, 2.05) is 0 Å². The molecule has 2 rings (SSSR count). The summed E-state index contributed by atoms with van der Waals surface area (Å²) in [6.45, 7) is 0. The molecule has 0 bridgehead atoms. The predicted octanol–water partition coefficient (Wildman–Crippen LogP) is 3.14. The second-order valence-electron chi connectivity index (χ2n) is 3.78. The van der Waals surface area contributed by atoms with E-state index in [0.29, 0.717) is 0 Å². The number of aromatic nitrogens is 1. The molecule has 9 heteroatoms. The number of rotatable bonds is 3. The van der Waals surface area contributed by atoms with Crippen LogP contribution in [-0.4, -0.2) is 13.4 Å². The Morgan fingerprint density at radius 2 is 1.60 bits per heavy atom. The molecule has 5 nitrogen and oxygen atoms in total. The maximum atomic E-state index is 12.1. The van der Waals surface area contributed by atoms with Gasteiger partial charge in [0.25, 0.3) is 15.6 Å². The molecule has 1 heterocycles. The molecule has 0 aliphatic heterocycles. The van der Waals surface area contributed by atoms with Crippen LogP contribution in [-0.2, 0) is 10.0 Å². The van der Waals surface area contributed by atoms with Crippen LogP contribution in [0.25, 0.3) is 0 Å². The molecule has 0 aliphatic rings. The number of hydrogen-bond donors (Lipinski definition) is 2. The Hall–Kier alpha value is -1.21. The monoisotopic (exact) mass is 352 g/mol. The van der Waals surface area contributed by atoms with Crippen LogP contribution in [0.2, 0.25) is 15.1 Å². The van der Waals surface area contributed by atoms with E-state index in [2.05, 4.69) is 9.71 Å². The summed E-state index contributed by atoms with van der Waals surface area (Å²) in [5.74, 6) is 0. The summed E-state index contributed by atoms with van der Waals surface area (Å²) in [6, 6.07) is 5.32. The van der Waals surface area contributed by atoms with Gasteiger partial charge in [0.2, 0.25) is 0 Å². The molecule has 0 unspecified atom stereocenters. The average Bonchev–Trinajstić information content (AvgIpc) is 2.30. The lowest BCUT2D eigenvalue weighted by atomic mass is 10.3. The van der Waals surface area contributed by atoms with Gasteiger partial charge in [-0.2, -0.15) is 0 Å². The number of aromatic amines is 1. The first-order chi connectivity index (χ1) is 9.28. The molecule has 20 heavy (non-hydrogen) atoms. The van der Waals surface area contributed by atoms with Crippen LogP contribution in [0, 0.1) is 0 Å². The van der Waals surface area contributed by atoms with E-state index in [1.165, 1.54) is 18.2 Å². The Kier molecular flexibility index (Phi) is 4.29. The molecule has 0 spiro atoms. The predicted molar refractivity (Wildman–Crippen MR) is 79.3 cm³/mol. The van der Waals surface area contributed by atoms with Crippen LogP contribution in [0.4, 0.5) is 5.69 Å². The van der Waals surface area contributed by atoms with E-state index in [1.54, 1.807) is 0 Å². The van der Waals surface area contributed by atoms with Crippen molar-refractivity contribution in [2.24, 2.45) is 0 Å². The summed E-state index contributed by atoms with van der Waals surface area (Å²) in [7, 11) is -3.91. The van der Waals surface area contributed by atoms with Crippen molar-refractivity contribution < 1.29 is 8.42 Å². The van der Waals surface area contributed by atoms with Gasteiger partial charge in [0.05, 0.1) is 5.69 Å². The molecule has 0 amide bonds. The highest BCUT2D eigenvalue weighted by atomic mass is 35.5. The minimum absolute atomic E-state index is 0.182. The first-order valence-electron chi connectivity index (χ1n) is 5.15. The lowest BCUT2D eigenvalue weighted by molar-refractivity contribution is 0.600. The first-order valence-corrected chi connectivity index (χ1v) is 7.77. The number of hydrogen-bond acceptors (Lipinski definition) is 3. The van der Waals surface area contributed by atoms with Gasteiger partial charge < -0.3 is 4.98 Å². The lowest BCUT2D eigenvalue weighted by Crippen LogP contribution is -2.16. The number of halogens is 3. The molecule has 1 aromatic carbocycles. The van der Waals surface area contributed by atoms with Crippen molar-refractivity contribution in [3.8, 4) is 0 Å². The Morgan fingerprint density at radius 1 is 1.00 bits per heavy atom. The number of H-pyrrole nitrogens is 1. The molecule has 1 aromatic heterocycles. The van der Waals surface area contributed by atoms with E-state index >= 15 is 0 Å². The van der Waals surface area contributed by atoms with E-state index < -0.39 is 15.6 Å². The van der Waals surface area contributed by atoms with Gasteiger partial charge in [-0.1, -0.05) is 34.8 Å². The Morgan fingerprint density at radius 3 is 2.15 bits per heavy atom. The zero-order chi connectivity index (χ0) is 14.9. The third-order valence-electron chi connectivity index (χ3n) is 2.26.